The molecule has 1 amide bonds. The van der Waals surface area contributed by atoms with Crippen molar-refractivity contribution in [3.05, 3.63) is 65.8 Å². The van der Waals surface area contributed by atoms with E-state index >= 15 is 0 Å². The Kier molecular flexibility index (Phi) is 5.56. The van der Waals surface area contributed by atoms with E-state index in [1.807, 2.05) is 0 Å². The van der Waals surface area contributed by atoms with Gasteiger partial charge in [0, 0.05) is 24.2 Å². The van der Waals surface area contributed by atoms with Gasteiger partial charge in [-0.25, -0.2) is 4.98 Å². The van der Waals surface area contributed by atoms with Crippen molar-refractivity contribution in [2.45, 2.75) is 18.9 Å². The molecule has 13 heteroatoms. The lowest BCUT2D eigenvalue weighted by Gasteiger charge is -2.09. The minimum absolute atomic E-state index is 0.0679. The molecule has 0 aliphatic carbocycles. The number of imidazole rings is 1. The Bertz CT molecular complexity index is 1290. The van der Waals surface area contributed by atoms with Crippen molar-refractivity contribution in [1.82, 2.24) is 25.0 Å². The molecule has 4 rings (SSSR count). The number of fused-ring (bicyclic) bond motifs is 1. The van der Waals surface area contributed by atoms with Gasteiger partial charge in [-0.15, -0.1) is 0 Å². The normalized spacial score (nSPS) is 12.3. The summed E-state index contributed by atoms with van der Waals surface area (Å²) in [7, 11) is 0. The Balaban J connectivity index is 1.44. The summed E-state index contributed by atoms with van der Waals surface area (Å²) >= 11 is 0. The summed E-state index contributed by atoms with van der Waals surface area (Å²) < 4.78 is 81.8. The number of carbonyl (C=O) groups excluding carboxylic acids is 1. The number of benzene rings is 2. The molecule has 0 spiro atoms. The lowest BCUT2D eigenvalue weighted by atomic mass is 10.1. The van der Waals surface area contributed by atoms with Crippen LogP contribution in [0.1, 0.15) is 21.8 Å². The standard InChI is InChI=1S/C20H13F6N5O2/c21-19(22,23)13-4-1-11(2-5-13)17(32)27-7-8-31-10-28-14-6-3-12(9-15(14)31)16-29-18(33-30-16)20(24,25)26/h1-6,9-10H,7-8H2,(H,27,32). The van der Waals surface area contributed by atoms with E-state index < -0.39 is 29.7 Å². The first-order valence-electron chi connectivity index (χ1n) is 9.34. The number of carbonyl (C=O) groups is 1. The third-order valence-corrected chi connectivity index (χ3v) is 4.66. The van der Waals surface area contributed by atoms with Gasteiger partial charge < -0.3 is 14.4 Å². The van der Waals surface area contributed by atoms with Crippen LogP contribution < -0.4 is 5.32 Å². The van der Waals surface area contributed by atoms with Crippen molar-refractivity contribution in [2.75, 3.05) is 6.54 Å². The summed E-state index contributed by atoms with van der Waals surface area (Å²) in [6, 6.07) is 8.41. The maximum absolute atomic E-state index is 12.7. The van der Waals surface area contributed by atoms with Gasteiger partial charge in [0.2, 0.25) is 5.82 Å². The SMILES string of the molecule is O=C(NCCn1cnc2ccc(-c3noc(C(F)(F)F)n3)cc21)c1ccc(C(F)(F)F)cc1. The largest absolute Gasteiger partial charge is 0.471 e. The summed E-state index contributed by atoms with van der Waals surface area (Å²) in [6.45, 7) is 0.363. The second-order valence-electron chi connectivity index (χ2n) is 6.89. The number of aromatic nitrogens is 4. The number of nitrogens with one attached hydrogen (secondary N) is 1. The Labute approximate surface area is 181 Å². The van der Waals surface area contributed by atoms with Crippen LogP contribution in [-0.4, -0.2) is 32.1 Å². The molecule has 2 aromatic carbocycles. The topological polar surface area (TPSA) is 85.8 Å². The predicted molar refractivity (Wildman–Crippen MR) is 102 cm³/mol. The van der Waals surface area contributed by atoms with Crippen molar-refractivity contribution >= 4 is 16.9 Å². The molecule has 0 aliphatic rings. The molecule has 4 aromatic rings. The van der Waals surface area contributed by atoms with Crippen molar-refractivity contribution in [2.24, 2.45) is 0 Å². The lowest BCUT2D eigenvalue weighted by Crippen LogP contribution is -2.27. The third kappa shape index (κ3) is 4.81. The molecule has 7 nitrogen and oxygen atoms in total. The Hall–Kier alpha value is -3.90. The van der Waals surface area contributed by atoms with Gasteiger partial charge in [0.1, 0.15) is 0 Å². The molecule has 0 saturated carbocycles. The number of amides is 1. The lowest BCUT2D eigenvalue weighted by molar-refractivity contribution is -0.159. The fourth-order valence-electron chi connectivity index (χ4n) is 3.03. The number of halogens is 6. The van der Waals surface area contributed by atoms with E-state index in [9.17, 15) is 31.1 Å². The van der Waals surface area contributed by atoms with E-state index in [1.165, 1.54) is 18.5 Å². The van der Waals surface area contributed by atoms with Crippen molar-refractivity contribution in [3.63, 3.8) is 0 Å². The van der Waals surface area contributed by atoms with Crippen LogP contribution in [0.3, 0.4) is 0 Å². The number of rotatable bonds is 5. The molecule has 0 unspecified atom stereocenters. The smallest absolute Gasteiger partial charge is 0.350 e. The molecule has 33 heavy (non-hydrogen) atoms. The molecule has 2 aromatic heterocycles. The summed E-state index contributed by atoms with van der Waals surface area (Å²) in [5.41, 5.74) is 0.585. The highest BCUT2D eigenvalue weighted by Crippen LogP contribution is 2.30. The van der Waals surface area contributed by atoms with Gasteiger partial charge in [0.15, 0.2) is 0 Å². The second kappa shape index (κ2) is 8.22. The molecule has 0 aliphatic heterocycles. The van der Waals surface area contributed by atoms with Gasteiger partial charge in [0.25, 0.3) is 5.91 Å². The summed E-state index contributed by atoms with van der Waals surface area (Å²) in [5, 5.41) is 5.94. The molecule has 0 radical (unpaired) electrons. The molecular formula is C20H13F6N5O2. The molecule has 0 fully saturated rings. The summed E-state index contributed by atoms with van der Waals surface area (Å²) in [4.78, 5) is 19.7. The van der Waals surface area contributed by atoms with Crippen molar-refractivity contribution < 1.29 is 35.7 Å². The monoisotopic (exact) mass is 469 g/mol. The molecule has 0 saturated heterocycles. The first kappa shape index (κ1) is 22.3. The average molecular weight is 469 g/mol. The van der Waals surface area contributed by atoms with E-state index in [0.29, 0.717) is 11.0 Å². The van der Waals surface area contributed by atoms with Crippen molar-refractivity contribution in [3.8, 4) is 11.4 Å². The highest BCUT2D eigenvalue weighted by molar-refractivity contribution is 5.94. The van der Waals surface area contributed by atoms with E-state index in [-0.39, 0.29) is 30.0 Å². The van der Waals surface area contributed by atoms with Crippen LogP contribution in [0, 0.1) is 0 Å². The number of alkyl halides is 6. The zero-order chi connectivity index (χ0) is 23.8. The van der Waals surface area contributed by atoms with Crippen LogP contribution in [-0.2, 0) is 18.9 Å². The highest BCUT2D eigenvalue weighted by Gasteiger charge is 2.38. The fourth-order valence-corrected chi connectivity index (χ4v) is 3.03. The van der Waals surface area contributed by atoms with Gasteiger partial charge in [-0.2, -0.15) is 31.3 Å². The molecule has 2 heterocycles. The van der Waals surface area contributed by atoms with Crippen LogP contribution in [0.5, 0.6) is 0 Å². The minimum Gasteiger partial charge on any atom is -0.350 e. The average Bonchev–Trinajstić information content (AvgIpc) is 3.40. The zero-order valence-corrected chi connectivity index (χ0v) is 16.4. The Morgan fingerprint density at radius 3 is 2.36 bits per heavy atom. The molecule has 172 valence electrons. The third-order valence-electron chi connectivity index (χ3n) is 4.66. The van der Waals surface area contributed by atoms with E-state index in [1.54, 1.807) is 10.6 Å². The zero-order valence-electron chi connectivity index (χ0n) is 16.4. The highest BCUT2D eigenvalue weighted by atomic mass is 19.4. The van der Waals surface area contributed by atoms with Crippen LogP contribution in [0.25, 0.3) is 22.4 Å². The first-order chi connectivity index (χ1) is 15.5. The summed E-state index contributed by atoms with van der Waals surface area (Å²) in [5.74, 6) is -2.26. The quantitative estimate of drug-likeness (QED) is 0.434. The van der Waals surface area contributed by atoms with Gasteiger partial charge in [-0.3, -0.25) is 4.79 Å². The number of hydrogen-bond donors (Lipinski definition) is 1. The Morgan fingerprint density at radius 2 is 1.73 bits per heavy atom. The second-order valence-corrected chi connectivity index (χ2v) is 6.89. The fraction of sp³-hybridized carbons (Fsp3) is 0.200. The van der Waals surface area contributed by atoms with E-state index in [0.717, 1.165) is 24.3 Å². The van der Waals surface area contributed by atoms with Gasteiger partial charge in [-0.05, 0) is 42.5 Å². The van der Waals surface area contributed by atoms with Gasteiger partial charge in [-0.1, -0.05) is 5.16 Å². The predicted octanol–water partition coefficient (Wildman–Crippen LogP) is 4.55. The number of hydrogen-bond acceptors (Lipinski definition) is 5. The van der Waals surface area contributed by atoms with Crippen LogP contribution in [0.15, 0.2) is 53.3 Å². The van der Waals surface area contributed by atoms with E-state index in [4.69, 9.17) is 0 Å². The maximum Gasteiger partial charge on any atom is 0.471 e. The first-order valence-corrected chi connectivity index (χ1v) is 9.34. The van der Waals surface area contributed by atoms with Crippen molar-refractivity contribution in [1.29, 1.82) is 0 Å². The van der Waals surface area contributed by atoms with Gasteiger partial charge >= 0.3 is 18.2 Å². The molecular weight excluding hydrogens is 456 g/mol. The van der Waals surface area contributed by atoms with Gasteiger partial charge in [0.05, 0.1) is 22.9 Å². The number of nitrogens with zero attached hydrogens (tertiary/aromatic N) is 4. The minimum atomic E-state index is -4.76. The van der Waals surface area contributed by atoms with E-state index in [2.05, 4.69) is 25.0 Å². The summed E-state index contributed by atoms with van der Waals surface area (Å²) in [6.07, 6.45) is -7.77. The molecule has 0 atom stereocenters. The van der Waals surface area contributed by atoms with Crippen LogP contribution in [0.2, 0.25) is 0 Å². The Morgan fingerprint density at radius 1 is 1.00 bits per heavy atom. The maximum atomic E-state index is 12.7. The molecule has 1 N–H and O–H groups in total. The van der Waals surface area contributed by atoms with Crippen LogP contribution >= 0.6 is 0 Å². The van der Waals surface area contributed by atoms with Crippen LogP contribution in [0.4, 0.5) is 26.3 Å². The molecule has 0 bridgehead atoms.